The van der Waals surface area contributed by atoms with Gasteiger partial charge in [0.25, 0.3) is 0 Å². The van der Waals surface area contributed by atoms with Gasteiger partial charge in [-0.15, -0.1) is 30.6 Å². The van der Waals surface area contributed by atoms with E-state index in [0.29, 0.717) is 13.1 Å². The van der Waals surface area contributed by atoms with Crippen molar-refractivity contribution < 1.29 is 4.42 Å². The Morgan fingerprint density at radius 3 is 2.65 bits per heavy atom. The van der Waals surface area contributed by atoms with Crippen molar-refractivity contribution in [2.75, 3.05) is 13.1 Å². The molecule has 1 heterocycles. The maximum Gasteiger partial charge on any atom is 0.191 e. The molecule has 0 amide bonds. The number of halogens is 1. The van der Waals surface area contributed by atoms with Gasteiger partial charge in [0.1, 0.15) is 5.76 Å². The van der Waals surface area contributed by atoms with E-state index in [2.05, 4.69) is 53.4 Å². The van der Waals surface area contributed by atoms with Crippen LogP contribution < -0.4 is 10.6 Å². The van der Waals surface area contributed by atoms with Crippen LogP contribution in [0.1, 0.15) is 16.9 Å². The van der Waals surface area contributed by atoms with Crippen LogP contribution in [0.2, 0.25) is 0 Å². The van der Waals surface area contributed by atoms with Gasteiger partial charge in [0, 0.05) is 19.5 Å². The summed E-state index contributed by atoms with van der Waals surface area (Å²) in [4.78, 5) is 4.60. The number of rotatable bonds is 7. The zero-order chi connectivity index (χ0) is 15.6. The van der Waals surface area contributed by atoms with Crippen molar-refractivity contribution in [3.63, 3.8) is 0 Å². The summed E-state index contributed by atoms with van der Waals surface area (Å²) < 4.78 is 5.32. The van der Waals surface area contributed by atoms with Gasteiger partial charge in [0.2, 0.25) is 0 Å². The lowest BCUT2D eigenvalue weighted by molar-refractivity contribution is 0.507. The SMILES string of the molecule is C=CCNC(=NCc1ccc(C)cc1)NCCc1ccco1.I. The molecule has 0 atom stereocenters. The molecule has 0 unspecified atom stereocenters. The molecule has 124 valence electrons. The number of furan rings is 1. The highest BCUT2D eigenvalue weighted by Crippen LogP contribution is 2.04. The first-order valence-corrected chi connectivity index (χ1v) is 7.49. The Balaban J connectivity index is 0.00000264. The molecular formula is C18H24IN3O. The third-order valence-corrected chi connectivity index (χ3v) is 3.20. The summed E-state index contributed by atoms with van der Waals surface area (Å²) in [5.74, 6) is 1.75. The maximum atomic E-state index is 5.32. The van der Waals surface area contributed by atoms with Crippen LogP contribution in [0.5, 0.6) is 0 Å². The van der Waals surface area contributed by atoms with Crippen LogP contribution in [0.15, 0.2) is 64.7 Å². The van der Waals surface area contributed by atoms with Gasteiger partial charge < -0.3 is 15.1 Å². The number of benzene rings is 1. The van der Waals surface area contributed by atoms with E-state index in [1.165, 1.54) is 11.1 Å². The molecule has 4 nitrogen and oxygen atoms in total. The molecule has 2 rings (SSSR count). The molecule has 0 aliphatic carbocycles. The van der Waals surface area contributed by atoms with Crippen molar-refractivity contribution in [3.8, 4) is 0 Å². The van der Waals surface area contributed by atoms with Gasteiger partial charge in [-0.1, -0.05) is 35.9 Å². The lowest BCUT2D eigenvalue weighted by atomic mass is 10.1. The van der Waals surface area contributed by atoms with Crippen LogP contribution in [0, 0.1) is 6.92 Å². The third kappa shape index (κ3) is 7.36. The van der Waals surface area contributed by atoms with Crippen molar-refractivity contribution in [3.05, 3.63) is 72.2 Å². The molecule has 0 saturated carbocycles. The van der Waals surface area contributed by atoms with Gasteiger partial charge in [-0.2, -0.15) is 0 Å². The minimum absolute atomic E-state index is 0. The van der Waals surface area contributed by atoms with E-state index in [-0.39, 0.29) is 24.0 Å². The van der Waals surface area contributed by atoms with Gasteiger partial charge >= 0.3 is 0 Å². The molecule has 2 N–H and O–H groups in total. The second kappa shape index (κ2) is 10.9. The fraction of sp³-hybridized carbons (Fsp3) is 0.278. The minimum atomic E-state index is 0. The Morgan fingerprint density at radius 1 is 1.22 bits per heavy atom. The van der Waals surface area contributed by atoms with E-state index >= 15 is 0 Å². The van der Waals surface area contributed by atoms with Crippen molar-refractivity contribution in [2.45, 2.75) is 19.9 Å². The Labute approximate surface area is 155 Å². The normalized spacial score (nSPS) is 10.7. The van der Waals surface area contributed by atoms with Gasteiger partial charge in [0.05, 0.1) is 12.8 Å². The summed E-state index contributed by atoms with van der Waals surface area (Å²) in [6.07, 6.45) is 4.33. The smallest absolute Gasteiger partial charge is 0.191 e. The first kappa shape index (κ1) is 19.3. The summed E-state index contributed by atoms with van der Waals surface area (Å²) in [7, 11) is 0. The summed E-state index contributed by atoms with van der Waals surface area (Å²) in [6.45, 7) is 7.90. The van der Waals surface area contributed by atoms with Crippen molar-refractivity contribution in [1.29, 1.82) is 0 Å². The summed E-state index contributed by atoms with van der Waals surface area (Å²) >= 11 is 0. The van der Waals surface area contributed by atoms with E-state index in [1.54, 1.807) is 6.26 Å². The average Bonchev–Trinajstić information content (AvgIpc) is 3.04. The second-order valence-electron chi connectivity index (χ2n) is 5.08. The molecular weight excluding hydrogens is 401 g/mol. The molecule has 0 bridgehead atoms. The highest BCUT2D eigenvalue weighted by Gasteiger charge is 2.00. The average molecular weight is 425 g/mol. The fourth-order valence-corrected chi connectivity index (χ4v) is 1.97. The zero-order valence-electron chi connectivity index (χ0n) is 13.4. The Kier molecular flexibility index (Phi) is 9.12. The van der Waals surface area contributed by atoms with E-state index < -0.39 is 0 Å². The zero-order valence-corrected chi connectivity index (χ0v) is 15.7. The molecule has 1 aromatic heterocycles. The number of aryl methyl sites for hydroxylation is 1. The van der Waals surface area contributed by atoms with E-state index in [9.17, 15) is 0 Å². The van der Waals surface area contributed by atoms with Crippen molar-refractivity contribution >= 4 is 29.9 Å². The number of hydrogen-bond donors (Lipinski definition) is 2. The van der Waals surface area contributed by atoms with Crippen LogP contribution in [0.3, 0.4) is 0 Å². The van der Waals surface area contributed by atoms with Crippen LogP contribution in [0.25, 0.3) is 0 Å². The van der Waals surface area contributed by atoms with Crippen LogP contribution in [-0.4, -0.2) is 19.0 Å². The topological polar surface area (TPSA) is 49.6 Å². The van der Waals surface area contributed by atoms with Gasteiger partial charge in [-0.25, -0.2) is 4.99 Å². The second-order valence-corrected chi connectivity index (χ2v) is 5.08. The van der Waals surface area contributed by atoms with Crippen LogP contribution in [-0.2, 0) is 13.0 Å². The highest BCUT2D eigenvalue weighted by atomic mass is 127. The third-order valence-electron chi connectivity index (χ3n) is 3.20. The van der Waals surface area contributed by atoms with Crippen molar-refractivity contribution in [2.24, 2.45) is 4.99 Å². The number of nitrogens with one attached hydrogen (secondary N) is 2. The van der Waals surface area contributed by atoms with E-state index in [4.69, 9.17) is 4.42 Å². The molecule has 0 saturated heterocycles. The summed E-state index contributed by atoms with van der Waals surface area (Å²) in [5, 5.41) is 6.53. The first-order valence-electron chi connectivity index (χ1n) is 7.49. The van der Waals surface area contributed by atoms with Crippen LogP contribution in [0.4, 0.5) is 0 Å². The molecule has 0 fully saturated rings. The van der Waals surface area contributed by atoms with E-state index in [0.717, 1.165) is 24.7 Å². The minimum Gasteiger partial charge on any atom is -0.469 e. The molecule has 0 radical (unpaired) electrons. The maximum absolute atomic E-state index is 5.32. The lowest BCUT2D eigenvalue weighted by Crippen LogP contribution is -2.38. The number of aliphatic imine (C=N–C) groups is 1. The largest absolute Gasteiger partial charge is 0.469 e. The standard InChI is InChI=1S/C18H23N3O.HI/c1-3-11-19-18(20-12-10-17-5-4-13-22-17)21-14-16-8-6-15(2)7-9-16;/h3-9,13H,1,10-12,14H2,2H3,(H2,19,20,21);1H. The number of hydrogen-bond acceptors (Lipinski definition) is 2. The van der Waals surface area contributed by atoms with Gasteiger partial charge in [0.15, 0.2) is 5.96 Å². The Morgan fingerprint density at radius 2 is 2.00 bits per heavy atom. The van der Waals surface area contributed by atoms with Gasteiger partial charge in [-0.05, 0) is 24.6 Å². The molecule has 2 aromatic rings. The monoisotopic (exact) mass is 425 g/mol. The Hall–Kier alpha value is -1.76. The highest BCUT2D eigenvalue weighted by molar-refractivity contribution is 14.0. The fourth-order valence-electron chi connectivity index (χ4n) is 1.97. The first-order chi connectivity index (χ1) is 10.8. The Bertz CT molecular complexity index is 591. The van der Waals surface area contributed by atoms with Crippen molar-refractivity contribution in [1.82, 2.24) is 10.6 Å². The molecule has 0 aliphatic heterocycles. The predicted octanol–water partition coefficient (Wildman–Crippen LogP) is 3.67. The lowest BCUT2D eigenvalue weighted by Gasteiger charge is -2.11. The molecule has 0 spiro atoms. The molecule has 23 heavy (non-hydrogen) atoms. The predicted molar refractivity (Wildman–Crippen MR) is 106 cm³/mol. The molecule has 5 heteroatoms. The quantitative estimate of drug-likeness (QED) is 0.308. The summed E-state index contributed by atoms with van der Waals surface area (Å²) in [5.41, 5.74) is 2.45. The van der Waals surface area contributed by atoms with E-state index in [1.807, 2.05) is 18.2 Å². The number of nitrogens with zero attached hydrogens (tertiary/aromatic N) is 1. The number of guanidine groups is 1. The molecule has 1 aromatic carbocycles. The van der Waals surface area contributed by atoms with Gasteiger partial charge in [-0.3, -0.25) is 0 Å². The molecule has 0 aliphatic rings. The van der Waals surface area contributed by atoms with Crippen LogP contribution >= 0.6 is 24.0 Å². The summed E-state index contributed by atoms with van der Waals surface area (Å²) in [6, 6.07) is 12.3.